The molecule has 0 aromatic heterocycles. The fourth-order valence-corrected chi connectivity index (χ4v) is 2.25. The summed E-state index contributed by atoms with van der Waals surface area (Å²) in [7, 11) is 0. The maximum absolute atomic E-state index is 12.4. The molecule has 0 radical (unpaired) electrons. The van der Waals surface area contributed by atoms with Gasteiger partial charge in [0, 0.05) is 5.56 Å². The van der Waals surface area contributed by atoms with Crippen LogP contribution in [0.15, 0.2) is 48.5 Å². The van der Waals surface area contributed by atoms with Crippen molar-refractivity contribution in [3.05, 3.63) is 65.2 Å². The van der Waals surface area contributed by atoms with Gasteiger partial charge >= 0.3 is 5.97 Å². The Morgan fingerprint density at radius 2 is 1.42 bits per heavy atom. The van der Waals surface area contributed by atoms with E-state index >= 15 is 0 Å². The molecule has 0 saturated heterocycles. The Hall–Kier alpha value is -2.62. The van der Waals surface area contributed by atoms with Gasteiger partial charge in [0.25, 0.3) is 0 Å². The molecule has 0 fully saturated rings. The summed E-state index contributed by atoms with van der Waals surface area (Å²) in [5, 5.41) is 9.23. The van der Waals surface area contributed by atoms with Crippen molar-refractivity contribution < 1.29 is 19.4 Å². The van der Waals surface area contributed by atoms with Gasteiger partial charge in [0.05, 0.1) is 5.56 Å². The van der Waals surface area contributed by atoms with Gasteiger partial charge < -0.3 is 9.84 Å². The van der Waals surface area contributed by atoms with Gasteiger partial charge in [-0.3, -0.25) is 4.79 Å². The van der Waals surface area contributed by atoms with Crippen LogP contribution in [0.2, 0.25) is 0 Å². The quantitative estimate of drug-likeness (QED) is 0.678. The fourth-order valence-electron chi connectivity index (χ4n) is 2.25. The van der Waals surface area contributed by atoms with Gasteiger partial charge in [0.1, 0.15) is 5.75 Å². The maximum Gasteiger partial charge on any atom is 0.338 e. The molecule has 0 heterocycles. The molecular weight excluding hydrogens is 304 g/mol. The van der Waals surface area contributed by atoms with Crippen LogP contribution in [0.4, 0.5) is 0 Å². The van der Waals surface area contributed by atoms with Crippen molar-refractivity contribution >= 4 is 11.8 Å². The second kappa shape index (κ2) is 6.87. The monoisotopic (exact) mass is 326 g/mol. The Kier molecular flexibility index (Phi) is 5.07. The average molecular weight is 326 g/mol. The molecule has 1 atom stereocenters. The van der Waals surface area contributed by atoms with E-state index in [-0.39, 0.29) is 22.5 Å². The van der Waals surface area contributed by atoms with Crippen LogP contribution in [0.5, 0.6) is 5.75 Å². The van der Waals surface area contributed by atoms with Crippen LogP contribution < -0.4 is 0 Å². The Morgan fingerprint density at radius 3 is 1.92 bits per heavy atom. The highest BCUT2D eigenvalue weighted by Crippen LogP contribution is 2.22. The number of rotatable bonds is 4. The summed E-state index contributed by atoms with van der Waals surface area (Å²) >= 11 is 0. The molecule has 2 aromatic rings. The lowest BCUT2D eigenvalue weighted by atomic mass is 9.86. The van der Waals surface area contributed by atoms with E-state index < -0.39 is 12.1 Å². The molecule has 1 N–H and O–H groups in total. The number of carbonyl (C=O) groups excluding carboxylic acids is 2. The smallest absolute Gasteiger partial charge is 0.338 e. The molecule has 0 bridgehead atoms. The molecule has 0 saturated carbocycles. The lowest BCUT2D eigenvalue weighted by Gasteiger charge is -2.19. The third-order valence-electron chi connectivity index (χ3n) is 3.79. The van der Waals surface area contributed by atoms with Crippen molar-refractivity contribution in [3.8, 4) is 5.75 Å². The Morgan fingerprint density at radius 1 is 0.917 bits per heavy atom. The number of phenolic OH excluding ortho intramolecular Hbond substituents is 1. The predicted octanol–water partition coefficient (Wildman–Crippen LogP) is 4.12. The van der Waals surface area contributed by atoms with E-state index in [1.807, 2.05) is 12.1 Å². The van der Waals surface area contributed by atoms with Crippen LogP contribution in [0.1, 0.15) is 54.0 Å². The Bertz CT molecular complexity index is 722. The van der Waals surface area contributed by atoms with E-state index in [1.165, 1.54) is 24.3 Å². The Balaban J connectivity index is 2.06. The molecule has 0 aliphatic rings. The Labute approximate surface area is 142 Å². The summed E-state index contributed by atoms with van der Waals surface area (Å²) in [5.74, 6) is -0.778. The van der Waals surface area contributed by atoms with Crippen LogP contribution in [0.25, 0.3) is 0 Å². The summed E-state index contributed by atoms with van der Waals surface area (Å²) in [6.07, 6.45) is -0.883. The van der Waals surface area contributed by atoms with E-state index in [1.54, 1.807) is 19.1 Å². The molecule has 4 nitrogen and oxygen atoms in total. The number of ketones is 1. The lowest BCUT2D eigenvalue weighted by Crippen LogP contribution is -2.24. The van der Waals surface area contributed by atoms with Crippen molar-refractivity contribution in [1.82, 2.24) is 0 Å². The standard InChI is InChI=1S/C20H22O4/c1-13(24-19(23)15-7-11-17(21)12-8-15)18(22)14-5-9-16(10-6-14)20(2,3)4/h5-13,21H,1-4H3/t13-/m1/s1. The van der Waals surface area contributed by atoms with E-state index in [0.29, 0.717) is 5.56 Å². The summed E-state index contributed by atoms with van der Waals surface area (Å²) in [6.45, 7) is 7.86. The molecule has 0 unspecified atom stereocenters. The molecule has 0 amide bonds. The van der Waals surface area contributed by atoms with Crippen LogP contribution in [0, 0.1) is 0 Å². The number of ether oxygens (including phenoxy) is 1. The van der Waals surface area contributed by atoms with Gasteiger partial charge in [0.15, 0.2) is 6.10 Å². The average Bonchev–Trinajstić information content (AvgIpc) is 2.54. The molecular formula is C20H22O4. The SMILES string of the molecule is C[C@@H](OC(=O)c1ccc(O)cc1)C(=O)c1ccc(C(C)(C)C)cc1. The van der Waals surface area contributed by atoms with E-state index in [0.717, 1.165) is 5.56 Å². The largest absolute Gasteiger partial charge is 0.508 e. The van der Waals surface area contributed by atoms with E-state index in [9.17, 15) is 14.7 Å². The normalized spacial score (nSPS) is 12.5. The fraction of sp³-hybridized carbons (Fsp3) is 0.300. The van der Waals surface area contributed by atoms with Gasteiger partial charge in [-0.25, -0.2) is 4.79 Å². The highest BCUT2D eigenvalue weighted by Gasteiger charge is 2.21. The van der Waals surface area contributed by atoms with Gasteiger partial charge in [0.2, 0.25) is 5.78 Å². The van der Waals surface area contributed by atoms with Crippen LogP contribution in [-0.2, 0) is 10.2 Å². The zero-order chi connectivity index (χ0) is 17.9. The number of benzene rings is 2. The van der Waals surface area contributed by atoms with E-state index in [2.05, 4.69) is 20.8 Å². The molecule has 4 heteroatoms. The van der Waals surface area contributed by atoms with Crippen molar-refractivity contribution in [1.29, 1.82) is 0 Å². The molecule has 2 aromatic carbocycles. The zero-order valence-electron chi connectivity index (χ0n) is 14.4. The summed E-state index contributed by atoms with van der Waals surface area (Å²) in [5.41, 5.74) is 1.94. The van der Waals surface area contributed by atoms with Crippen LogP contribution >= 0.6 is 0 Å². The van der Waals surface area contributed by atoms with Gasteiger partial charge in [-0.2, -0.15) is 0 Å². The van der Waals surface area contributed by atoms with E-state index in [4.69, 9.17) is 4.74 Å². The first kappa shape index (κ1) is 17.7. The molecule has 0 aliphatic carbocycles. The minimum atomic E-state index is -0.883. The highest BCUT2D eigenvalue weighted by atomic mass is 16.5. The van der Waals surface area contributed by atoms with Gasteiger partial charge in [-0.1, -0.05) is 45.0 Å². The highest BCUT2D eigenvalue weighted by molar-refractivity contribution is 6.01. The minimum absolute atomic E-state index is 0.0124. The number of esters is 1. The lowest BCUT2D eigenvalue weighted by molar-refractivity contribution is 0.0319. The summed E-state index contributed by atoms with van der Waals surface area (Å²) < 4.78 is 5.22. The number of aromatic hydroxyl groups is 1. The molecule has 24 heavy (non-hydrogen) atoms. The number of hydrogen-bond acceptors (Lipinski definition) is 4. The van der Waals surface area contributed by atoms with Crippen molar-refractivity contribution in [2.45, 2.75) is 39.2 Å². The third-order valence-corrected chi connectivity index (χ3v) is 3.79. The first-order chi connectivity index (χ1) is 11.2. The van der Waals surface area contributed by atoms with Crippen LogP contribution in [0.3, 0.4) is 0 Å². The van der Waals surface area contributed by atoms with Crippen molar-refractivity contribution in [2.24, 2.45) is 0 Å². The first-order valence-electron chi connectivity index (χ1n) is 7.83. The predicted molar refractivity (Wildman–Crippen MR) is 92.5 cm³/mol. The topological polar surface area (TPSA) is 63.6 Å². The second-order valence-electron chi connectivity index (χ2n) is 6.79. The molecule has 0 spiro atoms. The minimum Gasteiger partial charge on any atom is -0.508 e. The van der Waals surface area contributed by atoms with Crippen molar-refractivity contribution in [2.75, 3.05) is 0 Å². The number of hydrogen-bond donors (Lipinski definition) is 1. The van der Waals surface area contributed by atoms with Gasteiger partial charge in [-0.15, -0.1) is 0 Å². The van der Waals surface area contributed by atoms with Crippen molar-refractivity contribution in [3.63, 3.8) is 0 Å². The number of phenols is 1. The third kappa shape index (κ3) is 4.22. The first-order valence-corrected chi connectivity index (χ1v) is 7.83. The molecule has 126 valence electrons. The van der Waals surface area contributed by atoms with Crippen LogP contribution in [-0.4, -0.2) is 23.0 Å². The number of Topliss-reactive ketones (excluding diaryl/α,β-unsaturated/α-hetero) is 1. The maximum atomic E-state index is 12.4. The second-order valence-corrected chi connectivity index (χ2v) is 6.79. The summed E-state index contributed by atoms with van der Waals surface area (Å²) in [6, 6.07) is 13.0. The summed E-state index contributed by atoms with van der Waals surface area (Å²) in [4.78, 5) is 24.4. The van der Waals surface area contributed by atoms with Gasteiger partial charge in [-0.05, 0) is 42.2 Å². The molecule has 2 rings (SSSR count). The number of carbonyl (C=O) groups is 2. The zero-order valence-corrected chi connectivity index (χ0v) is 14.4. The molecule has 0 aliphatic heterocycles.